The smallest absolute Gasteiger partial charge is 0.306 e. The summed E-state index contributed by atoms with van der Waals surface area (Å²) in [4.78, 5) is 12.1. The van der Waals surface area contributed by atoms with E-state index in [1.165, 1.54) is 7.11 Å². The summed E-state index contributed by atoms with van der Waals surface area (Å²) in [5.41, 5.74) is 0. The Morgan fingerprint density at radius 3 is 2.88 bits per heavy atom. The standard InChI is InChI=1S/C10H13BrO3S2/c1-7(3-10(12)14-2)16(13)6-9-4-8(11)5-15-9/h4-5,7H,3,6H2,1-2H3. The molecule has 0 saturated heterocycles. The molecule has 3 nitrogen and oxygen atoms in total. The zero-order chi connectivity index (χ0) is 12.1. The van der Waals surface area contributed by atoms with E-state index in [1.54, 1.807) is 18.3 Å². The number of methoxy groups -OCH3 is 1. The van der Waals surface area contributed by atoms with Gasteiger partial charge in [-0.25, -0.2) is 0 Å². The van der Waals surface area contributed by atoms with Crippen LogP contribution in [0.25, 0.3) is 0 Å². The van der Waals surface area contributed by atoms with E-state index >= 15 is 0 Å². The molecule has 1 rings (SSSR count). The van der Waals surface area contributed by atoms with Gasteiger partial charge in [0.1, 0.15) is 0 Å². The van der Waals surface area contributed by atoms with E-state index in [1.807, 2.05) is 11.4 Å². The summed E-state index contributed by atoms with van der Waals surface area (Å²) in [5.74, 6) is 0.183. The van der Waals surface area contributed by atoms with Crippen molar-refractivity contribution in [3.63, 3.8) is 0 Å². The van der Waals surface area contributed by atoms with Crippen LogP contribution in [0.2, 0.25) is 0 Å². The van der Waals surface area contributed by atoms with Gasteiger partial charge in [-0.05, 0) is 22.0 Å². The maximum Gasteiger partial charge on any atom is 0.306 e. The highest BCUT2D eigenvalue weighted by Crippen LogP contribution is 2.22. The molecular formula is C10H13BrO3S2. The fourth-order valence-corrected chi connectivity index (χ4v) is 3.95. The summed E-state index contributed by atoms with van der Waals surface area (Å²) in [6, 6.07) is 1.95. The van der Waals surface area contributed by atoms with Crippen LogP contribution in [-0.2, 0) is 26.1 Å². The SMILES string of the molecule is COC(=O)CC(C)S(=O)Cc1cc(Br)cs1. The fourth-order valence-electron chi connectivity index (χ4n) is 1.12. The van der Waals surface area contributed by atoms with E-state index in [4.69, 9.17) is 0 Å². The van der Waals surface area contributed by atoms with Crippen LogP contribution in [0, 0.1) is 0 Å². The van der Waals surface area contributed by atoms with E-state index in [0.717, 1.165) is 9.35 Å². The minimum absolute atomic E-state index is 0.173. The van der Waals surface area contributed by atoms with Crippen molar-refractivity contribution in [2.24, 2.45) is 0 Å². The van der Waals surface area contributed by atoms with Crippen LogP contribution in [0.15, 0.2) is 15.9 Å². The summed E-state index contributed by atoms with van der Waals surface area (Å²) in [5, 5.41) is 1.78. The molecular weight excluding hydrogens is 312 g/mol. The van der Waals surface area contributed by atoms with E-state index in [9.17, 15) is 9.00 Å². The molecule has 0 aromatic carbocycles. The molecule has 0 aliphatic rings. The molecule has 1 aromatic rings. The highest BCUT2D eigenvalue weighted by Gasteiger charge is 2.16. The molecule has 0 bridgehead atoms. The molecule has 0 radical (unpaired) electrons. The number of halogens is 1. The normalized spacial score (nSPS) is 14.4. The molecule has 1 heterocycles. The number of ether oxygens (including phenoxy) is 1. The largest absolute Gasteiger partial charge is 0.469 e. The lowest BCUT2D eigenvalue weighted by molar-refractivity contribution is -0.140. The van der Waals surface area contributed by atoms with Gasteiger partial charge in [-0.15, -0.1) is 11.3 Å². The fraction of sp³-hybridized carbons (Fsp3) is 0.500. The second kappa shape index (κ2) is 6.51. The Hall–Kier alpha value is -0.200. The van der Waals surface area contributed by atoms with Crippen molar-refractivity contribution in [3.8, 4) is 0 Å². The molecule has 0 saturated carbocycles. The van der Waals surface area contributed by atoms with Gasteiger partial charge in [-0.2, -0.15) is 0 Å². The van der Waals surface area contributed by atoms with Crippen LogP contribution >= 0.6 is 27.3 Å². The molecule has 0 fully saturated rings. The Balaban J connectivity index is 2.49. The first kappa shape index (κ1) is 13.9. The maximum absolute atomic E-state index is 11.9. The Morgan fingerprint density at radius 2 is 2.38 bits per heavy atom. The van der Waals surface area contributed by atoms with E-state index < -0.39 is 10.8 Å². The van der Waals surface area contributed by atoms with Gasteiger partial charge in [0.25, 0.3) is 0 Å². The van der Waals surface area contributed by atoms with Gasteiger partial charge in [0.2, 0.25) is 0 Å². The third kappa shape index (κ3) is 4.35. The average Bonchev–Trinajstić information content (AvgIpc) is 2.63. The van der Waals surface area contributed by atoms with Gasteiger partial charge in [-0.1, -0.05) is 6.92 Å². The van der Waals surface area contributed by atoms with Gasteiger partial charge in [-0.3, -0.25) is 9.00 Å². The molecule has 0 spiro atoms. The number of thiophene rings is 1. The van der Waals surface area contributed by atoms with Gasteiger partial charge < -0.3 is 4.74 Å². The first-order valence-electron chi connectivity index (χ1n) is 4.70. The first-order valence-corrected chi connectivity index (χ1v) is 7.75. The number of carbonyl (C=O) groups is 1. The zero-order valence-electron chi connectivity index (χ0n) is 9.07. The summed E-state index contributed by atoms with van der Waals surface area (Å²) < 4.78 is 17.4. The summed E-state index contributed by atoms with van der Waals surface area (Å²) in [7, 11) is 0.306. The second-order valence-corrected chi connectivity index (χ2v) is 7.11. The topological polar surface area (TPSA) is 43.4 Å². The van der Waals surface area contributed by atoms with Crippen LogP contribution < -0.4 is 0 Å². The van der Waals surface area contributed by atoms with Crippen molar-refractivity contribution in [2.45, 2.75) is 24.3 Å². The molecule has 6 heteroatoms. The number of esters is 1. The van der Waals surface area contributed by atoms with Gasteiger partial charge in [0.05, 0.1) is 19.3 Å². The van der Waals surface area contributed by atoms with Gasteiger partial charge in [0.15, 0.2) is 0 Å². The van der Waals surface area contributed by atoms with Crippen LogP contribution in [0.5, 0.6) is 0 Å². The van der Waals surface area contributed by atoms with E-state index in [2.05, 4.69) is 20.7 Å². The highest BCUT2D eigenvalue weighted by atomic mass is 79.9. The second-order valence-electron chi connectivity index (χ2n) is 3.35. The number of hydrogen-bond donors (Lipinski definition) is 0. The number of rotatable bonds is 5. The summed E-state index contributed by atoms with van der Waals surface area (Å²) in [6.07, 6.45) is 0.204. The van der Waals surface area contributed by atoms with Gasteiger partial charge in [0, 0.05) is 30.8 Å². The monoisotopic (exact) mass is 324 g/mol. The van der Waals surface area contributed by atoms with Crippen LogP contribution in [0.3, 0.4) is 0 Å². The van der Waals surface area contributed by atoms with Crippen molar-refractivity contribution in [1.82, 2.24) is 0 Å². The predicted molar refractivity (Wildman–Crippen MR) is 70.0 cm³/mol. The summed E-state index contributed by atoms with van der Waals surface area (Å²) >= 11 is 4.91. The summed E-state index contributed by atoms with van der Waals surface area (Å²) in [6.45, 7) is 1.80. The lowest BCUT2D eigenvalue weighted by Gasteiger charge is -2.08. The third-order valence-corrected chi connectivity index (χ3v) is 5.58. The Kier molecular flexibility index (Phi) is 5.64. The molecule has 2 unspecified atom stereocenters. The van der Waals surface area contributed by atoms with Crippen molar-refractivity contribution in [3.05, 3.63) is 20.8 Å². The number of hydrogen-bond acceptors (Lipinski definition) is 4. The highest BCUT2D eigenvalue weighted by molar-refractivity contribution is 9.10. The van der Waals surface area contributed by atoms with E-state index in [-0.39, 0.29) is 17.6 Å². The van der Waals surface area contributed by atoms with Crippen molar-refractivity contribution >= 4 is 44.0 Å². The average molecular weight is 325 g/mol. The molecule has 0 N–H and O–H groups in total. The van der Waals surface area contributed by atoms with Gasteiger partial charge >= 0.3 is 5.97 Å². The molecule has 1 aromatic heterocycles. The number of carbonyl (C=O) groups excluding carboxylic acids is 1. The van der Waals surface area contributed by atoms with Crippen LogP contribution in [-0.4, -0.2) is 22.5 Å². The molecule has 16 heavy (non-hydrogen) atoms. The Morgan fingerprint density at radius 1 is 1.69 bits per heavy atom. The minimum Gasteiger partial charge on any atom is -0.469 e. The minimum atomic E-state index is -1.04. The van der Waals surface area contributed by atoms with Crippen LogP contribution in [0.4, 0.5) is 0 Å². The van der Waals surface area contributed by atoms with Crippen molar-refractivity contribution in [2.75, 3.05) is 7.11 Å². The van der Waals surface area contributed by atoms with E-state index in [0.29, 0.717) is 5.75 Å². The third-order valence-electron chi connectivity index (χ3n) is 2.04. The first-order chi connectivity index (χ1) is 7.52. The lowest BCUT2D eigenvalue weighted by Crippen LogP contribution is -2.17. The molecule has 0 aliphatic carbocycles. The zero-order valence-corrected chi connectivity index (χ0v) is 12.3. The van der Waals surface area contributed by atoms with Crippen LogP contribution in [0.1, 0.15) is 18.2 Å². The molecule has 90 valence electrons. The lowest BCUT2D eigenvalue weighted by atomic mass is 10.3. The quantitative estimate of drug-likeness (QED) is 0.782. The predicted octanol–water partition coefficient (Wildman–Crippen LogP) is 2.71. The van der Waals surface area contributed by atoms with Crippen molar-refractivity contribution in [1.29, 1.82) is 0 Å². The molecule has 2 atom stereocenters. The molecule has 0 amide bonds. The van der Waals surface area contributed by atoms with Crippen molar-refractivity contribution < 1.29 is 13.7 Å². The Bertz CT molecular complexity index is 389. The molecule has 0 aliphatic heterocycles. The Labute approximate surface area is 110 Å². The maximum atomic E-state index is 11.9.